The average Bonchev–Trinajstić information content (AvgIpc) is 2.27. The van der Waals surface area contributed by atoms with Crippen molar-refractivity contribution in [3.8, 4) is 5.75 Å². The van der Waals surface area contributed by atoms with Gasteiger partial charge in [0.1, 0.15) is 5.75 Å². The van der Waals surface area contributed by atoms with E-state index in [-0.39, 0.29) is 13.0 Å². The summed E-state index contributed by atoms with van der Waals surface area (Å²) >= 11 is 6.02. The van der Waals surface area contributed by atoms with Gasteiger partial charge in [0.05, 0.1) is 18.6 Å². The van der Waals surface area contributed by atoms with Crippen molar-refractivity contribution in [3.05, 3.63) is 28.8 Å². The fourth-order valence-electron chi connectivity index (χ4n) is 1.67. The summed E-state index contributed by atoms with van der Waals surface area (Å²) in [5.74, 6) is -0.324. The van der Waals surface area contributed by atoms with Crippen LogP contribution in [0.1, 0.15) is 18.9 Å². The van der Waals surface area contributed by atoms with Crippen molar-refractivity contribution in [2.24, 2.45) is 5.73 Å². The Bertz CT molecular complexity index is 422. The molecule has 0 radical (unpaired) electrons. The first-order chi connectivity index (χ1) is 7.92. The number of carboxylic acids is 1. The molecule has 0 aliphatic rings. The number of hydrogen-bond donors (Lipinski definition) is 2. The van der Waals surface area contributed by atoms with E-state index in [0.717, 1.165) is 5.56 Å². The van der Waals surface area contributed by atoms with Crippen LogP contribution in [-0.4, -0.2) is 24.7 Å². The number of aliphatic carboxylic acids is 1. The Kier molecular flexibility index (Phi) is 4.37. The number of carbonyl (C=O) groups is 1. The van der Waals surface area contributed by atoms with E-state index in [4.69, 9.17) is 27.2 Å². The van der Waals surface area contributed by atoms with Crippen LogP contribution in [0.5, 0.6) is 5.75 Å². The van der Waals surface area contributed by atoms with Crippen LogP contribution in [0.15, 0.2) is 18.2 Å². The quantitative estimate of drug-likeness (QED) is 0.847. The predicted molar refractivity (Wildman–Crippen MR) is 66.7 cm³/mol. The van der Waals surface area contributed by atoms with E-state index in [9.17, 15) is 4.79 Å². The Morgan fingerprint density at radius 1 is 1.59 bits per heavy atom. The molecule has 1 atom stereocenters. The average molecular weight is 258 g/mol. The molecular weight excluding hydrogens is 242 g/mol. The minimum atomic E-state index is -0.884. The van der Waals surface area contributed by atoms with Gasteiger partial charge < -0.3 is 15.6 Å². The topological polar surface area (TPSA) is 72.5 Å². The summed E-state index contributed by atoms with van der Waals surface area (Å²) in [6.07, 6.45) is -0.0356. The zero-order valence-electron chi connectivity index (χ0n) is 9.87. The molecule has 1 rings (SSSR count). The minimum absolute atomic E-state index is 0.0356. The summed E-state index contributed by atoms with van der Waals surface area (Å²) < 4.78 is 5.05. The molecular formula is C12H16ClNO3. The van der Waals surface area contributed by atoms with E-state index in [1.54, 1.807) is 25.1 Å². The van der Waals surface area contributed by atoms with Gasteiger partial charge in [0.15, 0.2) is 0 Å². The van der Waals surface area contributed by atoms with Crippen LogP contribution in [0, 0.1) is 0 Å². The number of benzene rings is 1. The molecule has 0 saturated heterocycles. The van der Waals surface area contributed by atoms with Gasteiger partial charge in [-0.05, 0) is 17.7 Å². The molecule has 0 heterocycles. The molecule has 0 amide bonds. The van der Waals surface area contributed by atoms with Crippen molar-refractivity contribution >= 4 is 17.6 Å². The van der Waals surface area contributed by atoms with E-state index in [1.807, 2.05) is 0 Å². The first kappa shape index (κ1) is 13.8. The van der Waals surface area contributed by atoms with Crippen LogP contribution in [-0.2, 0) is 10.2 Å². The van der Waals surface area contributed by atoms with Gasteiger partial charge >= 0.3 is 5.97 Å². The summed E-state index contributed by atoms with van der Waals surface area (Å²) in [6, 6.07) is 5.21. The predicted octanol–water partition coefficient (Wildman–Crippen LogP) is 2.04. The van der Waals surface area contributed by atoms with Crippen LogP contribution in [0.4, 0.5) is 0 Å². The van der Waals surface area contributed by atoms with Gasteiger partial charge in [0.25, 0.3) is 0 Å². The number of hydrogen-bond acceptors (Lipinski definition) is 3. The molecule has 1 aromatic rings. The van der Waals surface area contributed by atoms with Crippen LogP contribution in [0.3, 0.4) is 0 Å². The highest BCUT2D eigenvalue weighted by Crippen LogP contribution is 2.32. The highest BCUT2D eigenvalue weighted by Gasteiger charge is 2.28. The maximum absolute atomic E-state index is 10.8. The van der Waals surface area contributed by atoms with Crippen LogP contribution in [0.2, 0.25) is 5.02 Å². The Morgan fingerprint density at radius 3 is 2.65 bits per heavy atom. The van der Waals surface area contributed by atoms with Crippen molar-refractivity contribution in [1.29, 1.82) is 0 Å². The van der Waals surface area contributed by atoms with Crippen molar-refractivity contribution in [3.63, 3.8) is 0 Å². The lowest BCUT2D eigenvalue weighted by atomic mass is 9.79. The SMILES string of the molecule is COc1ccc(C(C)(CN)CC(=O)O)cc1Cl. The Morgan fingerprint density at radius 2 is 2.24 bits per heavy atom. The first-order valence-electron chi connectivity index (χ1n) is 5.19. The number of carboxylic acid groups (broad SMARTS) is 1. The lowest BCUT2D eigenvalue weighted by Crippen LogP contribution is -2.34. The number of ether oxygens (including phenoxy) is 1. The number of methoxy groups -OCH3 is 1. The highest BCUT2D eigenvalue weighted by atomic mass is 35.5. The largest absolute Gasteiger partial charge is 0.495 e. The summed E-state index contributed by atoms with van der Waals surface area (Å²) in [7, 11) is 1.53. The van der Waals surface area contributed by atoms with Crippen molar-refractivity contribution in [1.82, 2.24) is 0 Å². The number of nitrogens with two attached hydrogens (primary N) is 1. The van der Waals surface area contributed by atoms with E-state index in [2.05, 4.69) is 0 Å². The molecule has 1 unspecified atom stereocenters. The molecule has 0 spiro atoms. The van der Waals surface area contributed by atoms with E-state index >= 15 is 0 Å². The maximum atomic E-state index is 10.8. The van der Waals surface area contributed by atoms with Crippen molar-refractivity contribution < 1.29 is 14.6 Å². The molecule has 0 aliphatic heterocycles. The Labute approximate surface area is 105 Å². The van der Waals surface area contributed by atoms with Gasteiger partial charge in [-0.15, -0.1) is 0 Å². The molecule has 4 nitrogen and oxygen atoms in total. The van der Waals surface area contributed by atoms with Gasteiger partial charge in [-0.2, -0.15) is 0 Å². The monoisotopic (exact) mass is 257 g/mol. The minimum Gasteiger partial charge on any atom is -0.495 e. The summed E-state index contributed by atoms with van der Waals surface area (Å²) in [5, 5.41) is 9.35. The molecule has 1 aromatic carbocycles. The molecule has 3 N–H and O–H groups in total. The van der Waals surface area contributed by atoms with Gasteiger partial charge in [0.2, 0.25) is 0 Å². The summed E-state index contributed by atoms with van der Waals surface area (Å²) in [5.41, 5.74) is 5.85. The second kappa shape index (κ2) is 5.38. The second-order valence-corrected chi connectivity index (χ2v) is 4.59. The van der Waals surface area contributed by atoms with Crippen molar-refractivity contribution in [2.75, 3.05) is 13.7 Å². The lowest BCUT2D eigenvalue weighted by Gasteiger charge is -2.27. The first-order valence-corrected chi connectivity index (χ1v) is 5.56. The Balaban J connectivity index is 3.12. The zero-order valence-corrected chi connectivity index (χ0v) is 10.6. The van der Waals surface area contributed by atoms with E-state index in [1.165, 1.54) is 7.11 Å². The van der Waals surface area contributed by atoms with Crippen LogP contribution >= 0.6 is 11.6 Å². The molecule has 0 fully saturated rings. The fourth-order valence-corrected chi connectivity index (χ4v) is 1.93. The molecule has 0 saturated carbocycles. The molecule has 5 heteroatoms. The molecule has 0 bridgehead atoms. The van der Waals surface area contributed by atoms with E-state index < -0.39 is 11.4 Å². The van der Waals surface area contributed by atoms with Gasteiger partial charge in [-0.1, -0.05) is 24.6 Å². The van der Waals surface area contributed by atoms with E-state index in [0.29, 0.717) is 10.8 Å². The lowest BCUT2D eigenvalue weighted by molar-refractivity contribution is -0.138. The van der Waals surface area contributed by atoms with Crippen LogP contribution < -0.4 is 10.5 Å². The molecule has 0 aliphatic carbocycles. The number of rotatable bonds is 5. The third kappa shape index (κ3) is 3.11. The highest BCUT2D eigenvalue weighted by molar-refractivity contribution is 6.32. The normalized spacial score (nSPS) is 14.1. The van der Waals surface area contributed by atoms with Gasteiger partial charge in [-0.3, -0.25) is 4.79 Å². The molecule has 0 aromatic heterocycles. The number of halogens is 1. The third-order valence-corrected chi connectivity index (χ3v) is 3.14. The smallest absolute Gasteiger partial charge is 0.304 e. The van der Waals surface area contributed by atoms with Crippen LogP contribution in [0.25, 0.3) is 0 Å². The second-order valence-electron chi connectivity index (χ2n) is 4.18. The standard InChI is InChI=1S/C12H16ClNO3/c1-12(7-14,6-11(15)16)8-3-4-10(17-2)9(13)5-8/h3-5H,6-7,14H2,1-2H3,(H,15,16). The van der Waals surface area contributed by atoms with Gasteiger partial charge in [0, 0.05) is 12.0 Å². The molecule has 17 heavy (non-hydrogen) atoms. The summed E-state index contributed by atoms with van der Waals surface area (Å²) in [4.78, 5) is 10.8. The van der Waals surface area contributed by atoms with Crippen molar-refractivity contribution in [2.45, 2.75) is 18.8 Å². The molecule has 94 valence electrons. The zero-order chi connectivity index (χ0) is 13.1. The Hall–Kier alpha value is -1.26. The summed E-state index contributed by atoms with van der Waals surface area (Å²) in [6.45, 7) is 2.04. The third-order valence-electron chi connectivity index (χ3n) is 2.84. The fraction of sp³-hybridized carbons (Fsp3) is 0.417. The maximum Gasteiger partial charge on any atom is 0.304 e. The van der Waals surface area contributed by atoms with Gasteiger partial charge in [-0.25, -0.2) is 0 Å².